The van der Waals surface area contributed by atoms with Crippen molar-refractivity contribution in [2.75, 3.05) is 12.4 Å². The van der Waals surface area contributed by atoms with Crippen LogP contribution in [0.3, 0.4) is 0 Å². The normalized spacial score (nSPS) is 14.6. The molecule has 4 amide bonds. The van der Waals surface area contributed by atoms with Crippen molar-refractivity contribution < 1.29 is 44.1 Å². The zero-order chi connectivity index (χ0) is 22.7. The molecule has 0 saturated carbocycles. The van der Waals surface area contributed by atoms with Crippen LogP contribution in [-0.2, 0) is 28.8 Å². The minimum Gasteiger partial charge on any atom is -0.481 e. The summed E-state index contributed by atoms with van der Waals surface area (Å²) in [7, 11) is 0. The van der Waals surface area contributed by atoms with E-state index in [0.29, 0.717) is 0 Å². The molecule has 29 heavy (non-hydrogen) atoms. The summed E-state index contributed by atoms with van der Waals surface area (Å²) >= 11 is 3.86. The smallest absolute Gasteiger partial charge is 0.328 e. The van der Waals surface area contributed by atoms with Gasteiger partial charge in [-0.05, 0) is 0 Å². The maximum Gasteiger partial charge on any atom is 0.328 e. The van der Waals surface area contributed by atoms with E-state index in [1.54, 1.807) is 0 Å². The lowest BCUT2D eigenvalue weighted by Gasteiger charge is -2.23. The number of nitrogens with two attached hydrogens (primary N) is 2. The summed E-state index contributed by atoms with van der Waals surface area (Å²) < 4.78 is 0. The van der Waals surface area contributed by atoms with Gasteiger partial charge in [0.2, 0.25) is 23.6 Å². The molecule has 0 aromatic rings. The molecule has 0 spiro atoms. The third kappa shape index (κ3) is 9.72. The highest BCUT2D eigenvalue weighted by Gasteiger charge is 2.30. The lowest BCUT2D eigenvalue weighted by Crippen LogP contribution is -2.58. The molecule has 0 bridgehead atoms. The highest BCUT2D eigenvalue weighted by Crippen LogP contribution is 1.99. The number of hydrogen-bond acceptors (Lipinski definition) is 9. The Bertz CT molecular complexity index is 659. The molecule has 0 aliphatic carbocycles. The van der Waals surface area contributed by atoms with E-state index in [9.17, 15) is 28.8 Å². The molecule has 0 fully saturated rings. The molecule has 0 aliphatic rings. The number of primary amides is 1. The zero-order valence-electron chi connectivity index (χ0n) is 15.0. The largest absolute Gasteiger partial charge is 0.481 e. The van der Waals surface area contributed by atoms with E-state index >= 15 is 0 Å². The number of hydrogen-bond donors (Lipinski definition) is 9. The molecule has 4 unspecified atom stereocenters. The van der Waals surface area contributed by atoms with E-state index in [2.05, 4.69) is 23.3 Å². The van der Waals surface area contributed by atoms with Crippen LogP contribution in [-0.4, -0.2) is 87.4 Å². The molecule has 0 heterocycles. The van der Waals surface area contributed by atoms with Gasteiger partial charge in [0.25, 0.3) is 0 Å². The van der Waals surface area contributed by atoms with Crippen LogP contribution in [0.4, 0.5) is 0 Å². The molecule has 0 rings (SSSR count). The number of carboxylic acid groups (broad SMARTS) is 2. The number of carbonyl (C=O) groups is 6. The summed E-state index contributed by atoms with van der Waals surface area (Å²) in [5.41, 5.74) is 10.4. The van der Waals surface area contributed by atoms with Crippen molar-refractivity contribution >= 4 is 48.2 Å². The lowest BCUT2D eigenvalue weighted by atomic mass is 10.1. The van der Waals surface area contributed by atoms with Gasteiger partial charge in [0.1, 0.15) is 18.1 Å². The van der Waals surface area contributed by atoms with Crippen molar-refractivity contribution in [1.82, 2.24) is 16.0 Å². The first-order valence-electron chi connectivity index (χ1n) is 8.04. The van der Waals surface area contributed by atoms with Crippen molar-refractivity contribution in [1.29, 1.82) is 0 Å². The molecule has 10 N–H and O–H groups in total. The van der Waals surface area contributed by atoms with Crippen LogP contribution in [0.25, 0.3) is 0 Å². The van der Waals surface area contributed by atoms with Crippen LogP contribution >= 0.6 is 12.6 Å². The first-order chi connectivity index (χ1) is 13.4. The van der Waals surface area contributed by atoms with Crippen LogP contribution in [0, 0.1) is 0 Å². The zero-order valence-corrected chi connectivity index (χ0v) is 15.9. The van der Waals surface area contributed by atoms with E-state index < -0.39 is 79.2 Å². The Labute approximate surface area is 169 Å². The Hall–Kier alpha value is -2.91. The SMILES string of the molecule is NC(=O)CC(NC(=O)C(N)CC(=O)O)C(=O)NC(CS)C(=O)NC(CO)C(=O)O. The first kappa shape index (κ1) is 26.1. The van der Waals surface area contributed by atoms with Gasteiger partial charge in [0, 0.05) is 5.75 Å². The predicted molar refractivity (Wildman–Crippen MR) is 98.4 cm³/mol. The van der Waals surface area contributed by atoms with Gasteiger partial charge in [0.05, 0.1) is 25.5 Å². The quantitative estimate of drug-likeness (QED) is 0.124. The fourth-order valence-corrected chi connectivity index (χ4v) is 2.15. The number of nitrogens with one attached hydrogen (secondary N) is 3. The molecule has 164 valence electrons. The molecular weight excluding hydrogens is 414 g/mol. The van der Waals surface area contributed by atoms with Gasteiger partial charge in [-0.1, -0.05) is 0 Å². The number of rotatable bonds is 13. The number of carboxylic acids is 2. The van der Waals surface area contributed by atoms with E-state index in [1.807, 2.05) is 5.32 Å². The fraction of sp³-hybridized carbons (Fsp3) is 0.571. The summed E-state index contributed by atoms with van der Waals surface area (Å²) in [5, 5.41) is 32.6. The van der Waals surface area contributed by atoms with Crippen LogP contribution < -0.4 is 27.4 Å². The predicted octanol–water partition coefficient (Wildman–Crippen LogP) is -4.88. The average Bonchev–Trinajstić information content (AvgIpc) is 2.61. The van der Waals surface area contributed by atoms with Crippen molar-refractivity contribution in [3.63, 3.8) is 0 Å². The lowest BCUT2D eigenvalue weighted by molar-refractivity contribution is -0.143. The summed E-state index contributed by atoms with van der Waals surface area (Å²) in [4.78, 5) is 69.0. The molecule has 14 nitrogen and oxygen atoms in total. The molecule has 0 aromatic heterocycles. The minimum absolute atomic E-state index is 0.300. The molecule has 0 aromatic carbocycles. The van der Waals surface area contributed by atoms with Gasteiger partial charge in [-0.2, -0.15) is 12.6 Å². The summed E-state index contributed by atoms with van der Waals surface area (Å²) in [5.74, 6) is -7.28. The topological polar surface area (TPSA) is 251 Å². The first-order valence-corrected chi connectivity index (χ1v) is 8.67. The number of carbonyl (C=O) groups excluding carboxylic acids is 4. The monoisotopic (exact) mass is 437 g/mol. The van der Waals surface area contributed by atoms with E-state index in [0.717, 1.165) is 0 Å². The Balaban J connectivity index is 5.20. The van der Waals surface area contributed by atoms with Crippen molar-refractivity contribution in [2.45, 2.75) is 37.0 Å². The number of aliphatic carboxylic acids is 2. The molecule has 0 aliphatic heterocycles. The van der Waals surface area contributed by atoms with Gasteiger partial charge in [-0.15, -0.1) is 0 Å². The highest BCUT2D eigenvalue weighted by molar-refractivity contribution is 7.80. The van der Waals surface area contributed by atoms with Gasteiger partial charge >= 0.3 is 11.9 Å². The molecular formula is C14H23N5O9S. The van der Waals surface area contributed by atoms with Crippen LogP contribution in [0.1, 0.15) is 12.8 Å². The third-order valence-corrected chi connectivity index (χ3v) is 3.75. The van der Waals surface area contributed by atoms with E-state index in [-0.39, 0.29) is 5.75 Å². The van der Waals surface area contributed by atoms with Crippen LogP contribution in [0.15, 0.2) is 0 Å². The third-order valence-electron chi connectivity index (χ3n) is 3.38. The van der Waals surface area contributed by atoms with Crippen molar-refractivity contribution in [2.24, 2.45) is 11.5 Å². The van der Waals surface area contributed by atoms with Crippen LogP contribution in [0.5, 0.6) is 0 Å². The summed E-state index contributed by atoms with van der Waals surface area (Å²) in [6.07, 6.45) is -1.43. The van der Waals surface area contributed by atoms with Gasteiger partial charge in [-0.25, -0.2) is 4.79 Å². The number of aliphatic hydroxyl groups excluding tert-OH is 1. The van der Waals surface area contributed by atoms with Crippen molar-refractivity contribution in [3.05, 3.63) is 0 Å². The van der Waals surface area contributed by atoms with E-state index in [1.165, 1.54) is 0 Å². The van der Waals surface area contributed by atoms with Crippen LogP contribution in [0.2, 0.25) is 0 Å². The molecule has 0 radical (unpaired) electrons. The number of amides is 4. The summed E-state index contributed by atoms with van der Waals surface area (Å²) in [6.45, 7) is -0.907. The second-order valence-electron chi connectivity index (χ2n) is 5.76. The Morgan fingerprint density at radius 3 is 1.72 bits per heavy atom. The van der Waals surface area contributed by atoms with Crippen molar-refractivity contribution in [3.8, 4) is 0 Å². The second-order valence-corrected chi connectivity index (χ2v) is 6.13. The maximum absolute atomic E-state index is 12.4. The Morgan fingerprint density at radius 2 is 1.31 bits per heavy atom. The fourth-order valence-electron chi connectivity index (χ4n) is 1.89. The highest BCUT2D eigenvalue weighted by atomic mass is 32.1. The standard InChI is InChI=1S/C14H23N5O9S/c15-5(1-10(22)23)11(24)17-6(2-9(16)21)12(25)19-8(4-29)13(26)18-7(3-20)14(27)28/h5-8,20,29H,1-4,15H2,(H2,16,21)(H,17,24)(H,18,26)(H,19,25)(H,22,23)(H,27,28). The Kier molecular flexibility index (Phi) is 11.3. The molecule has 15 heteroatoms. The molecule has 0 saturated heterocycles. The minimum atomic E-state index is -1.63. The Morgan fingerprint density at radius 1 is 0.828 bits per heavy atom. The van der Waals surface area contributed by atoms with Gasteiger partial charge < -0.3 is 42.7 Å². The maximum atomic E-state index is 12.4. The average molecular weight is 437 g/mol. The van der Waals surface area contributed by atoms with Gasteiger partial charge in [0.15, 0.2) is 0 Å². The molecule has 4 atom stereocenters. The second kappa shape index (κ2) is 12.5. The number of thiol groups is 1. The van der Waals surface area contributed by atoms with Gasteiger partial charge in [-0.3, -0.25) is 24.0 Å². The van der Waals surface area contributed by atoms with E-state index in [4.69, 9.17) is 26.8 Å². The summed E-state index contributed by atoms with van der Waals surface area (Å²) in [6, 6.07) is -6.11. The number of aliphatic hydroxyl groups is 1.